The number of amides is 1. The molecule has 0 unspecified atom stereocenters. The third kappa shape index (κ3) is 5.91. The number of carbonyl (C=O) groups excluding carboxylic acids is 1. The highest BCUT2D eigenvalue weighted by atomic mass is 79.9. The predicted molar refractivity (Wildman–Crippen MR) is 112 cm³/mol. The van der Waals surface area contributed by atoms with E-state index in [0.29, 0.717) is 4.47 Å². The monoisotopic (exact) mass is 504 g/mol. The van der Waals surface area contributed by atoms with E-state index >= 15 is 0 Å². The summed E-state index contributed by atoms with van der Waals surface area (Å²) in [4.78, 5) is 12.0. The summed E-state index contributed by atoms with van der Waals surface area (Å²) in [6, 6.07) is 8.21. The van der Waals surface area contributed by atoms with Crippen molar-refractivity contribution in [2.24, 2.45) is 0 Å². The van der Waals surface area contributed by atoms with Crippen LogP contribution in [0.5, 0.6) is 5.75 Å². The van der Waals surface area contributed by atoms with Crippen molar-refractivity contribution in [3.05, 3.63) is 51.7 Å². The highest BCUT2D eigenvalue weighted by molar-refractivity contribution is 9.10. The third-order valence-corrected chi connectivity index (χ3v) is 6.76. The number of hydrogen-bond donors (Lipinski definition) is 2. The van der Waals surface area contributed by atoms with Crippen LogP contribution < -0.4 is 14.8 Å². The lowest BCUT2D eigenvalue weighted by Gasteiger charge is -2.14. The van der Waals surface area contributed by atoms with E-state index in [0.717, 1.165) is 25.7 Å². The van der Waals surface area contributed by atoms with Gasteiger partial charge >= 0.3 is 0 Å². The van der Waals surface area contributed by atoms with E-state index in [2.05, 4.69) is 26.0 Å². The average Bonchev–Trinajstić information content (AvgIpc) is 3.15. The van der Waals surface area contributed by atoms with E-state index in [-0.39, 0.29) is 27.4 Å². The first kappa shape index (κ1) is 22.0. The fraction of sp³-hybridized carbons (Fsp3) is 0.316. The Kier molecular flexibility index (Phi) is 7.15. The van der Waals surface area contributed by atoms with Gasteiger partial charge in [0.1, 0.15) is 11.6 Å². The van der Waals surface area contributed by atoms with E-state index in [1.54, 1.807) is 6.07 Å². The zero-order valence-corrected chi connectivity index (χ0v) is 18.4. The van der Waals surface area contributed by atoms with Crippen LogP contribution in [0.2, 0.25) is 5.02 Å². The second-order valence-electron chi connectivity index (χ2n) is 6.66. The second kappa shape index (κ2) is 9.42. The van der Waals surface area contributed by atoms with Crippen molar-refractivity contribution in [1.82, 2.24) is 4.72 Å². The zero-order chi connectivity index (χ0) is 21.0. The lowest BCUT2D eigenvalue weighted by Crippen LogP contribution is -2.32. The minimum absolute atomic E-state index is 0.0207. The number of hydrogen-bond acceptors (Lipinski definition) is 4. The van der Waals surface area contributed by atoms with Crippen LogP contribution in [0.25, 0.3) is 0 Å². The molecule has 3 rings (SSSR count). The molecule has 10 heteroatoms. The Hall–Kier alpha value is -1.68. The smallest absolute Gasteiger partial charge is 0.262 e. The molecule has 0 radical (unpaired) electrons. The second-order valence-corrected chi connectivity index (χ2v) is 9.69. The molecule has 0 aromatic heterocycles. The Morgan fingerprint density at radius 1 is 1.21 bits per heavy atom. The largest absolute Gasteiger partial charge is 0.482 e. The summed E-state index contributed by atoms with van der Waals surface area (Å²) >= 11 is 9.26. The highest BCUT2D eigenvalue weighted by Crippen LogP contribution is 2.28. The van der Waals surface area contributed by atoms with Gasteiger partial charge in [0.15, 0.2) is 6.61 Å². The maximum Gasteiger partial charge on any atom is 0.262 e. The van der Waals surface area contributed by atoms with Gasteiger partial charge in [-0.3, -0.25) is 4.79 Å². The first-order valence-corrected chi connectivity index (χ1v) is 11.6. The maximum atomic E-state index is 13.8. The summed E-state index contributed by atoms with van der Waals surface area (Å²) in [5.74, 6) is -1.02. The molecule has 1 saturated carbocycles. The molecule has 1 aliphatic carbocycles. The van der Waals surface area contributed by atoms with Gasteiger partial charge < -0.3 is 10.1 Å². The van der Waals surface area contributed by atoms with E-state index in [1.807, 2.05) is 0 Å². The van der Waals surface area contributed by atoms with Crippen LogP contribution in [0, 0.1) is 5.82 Å². The summed E-state index contributed by atoms with van der Waals surface area (Å²) in [6.07, 6.45) is 3.66. The van der Waals surface area contributed by atoms with Gasteiger partial charge in [0, 0.05) is 10.5 Å². The number of anilines is 1. The maximum absolute atomic E-state index is 13.8. The Bertz CT molecular complexity index is 1010. The minimum atomic E-state index is -3.68. The van der Waals surface area contributed by atoms with Gasteiger partial charge in [0.2, 0.25) is 10.0 Å². The molecule has 0 heterocycles. The van der Waals surface area contributed by atoms with Crippen molar-refractivity contribution in [2.75, 3.05) is 11.9 Å². The van der Waals surface area contributed by atoms with Gasteiger partial charge in [-0.2, -0.15) is 0 Å². The first-order valence-electron chi connectivity index (χ1n) is 8.94. The number of benzene rings is 2. The van der Waals surface area contributed by atoms with Crippen LogP contribution in [0.4, 0.5) is 10.1 Å². The molecule has 29 heavy (non-hydrogen) atoms. The molecule has 1 fully saturated rings. The average molecular weight is 506 g/mol. The molecule has 156 valence electrons. The molecule has 2 N–H and O–H groups in total. The third-order valence-electron chi connectivity index (χ3n) is 4.45. The predicted octanol–water partition coefficient (Wildman–Crippen LogP) is 4.48. The van der Waals surface area contributed by atoms with E-state index in [1.165, 1.54) is 30.3 Å². The van der Waals surface area contributed by atoms with Gasteiger partial charge in [0.05, 0.1) is 15.6 Å². The van der Waals surface area contributed by atoms with Gasteiger partial charge in [-0.25, -0.2) is 17.5 Å². The Morgan fingerprint density at radius 3 is 2.59 bits per heavy atom. The molecule has 0 saturated heterocycles. The van der Waals surface area contributed by atoms with Gasteiger partial charge in [-0.05, 0) is 49.2 Å². The van der Waals surface area contributed by atoms with E-state index in [9.17, 15) is 17.6 Å². The van der Waals surface area contributed by atoms with Crippen molar-refractivity contribution in [3.8, 4) is 5.75 Å². The molecule has 0 aliphatic heterocycles. The van der Waals surface area contributed by atoms with Crippen molar-refractivity contribution < 1.29 is 22.3 Å². The van der Waals surface area contributed by atoms with Crippen molar-refractivity contribution >= 4 is 49.1 Å². The molecule has 2 aromatic rings. The summed E-state index contributed by atoms with van der Waals surface area (Å²) < 4.78 is 47.3. The van der Waals surface area contributed by atoms with Crippen LogP contribution >= 0.6 is 27.5 Å². The minimum Gasteiger partial charge on any atom is -0.482 e. The standard InChI is InChI=1S/C19H19BrClFN2O4S/c20-12-5-7-17(16(22)9-12)23-19(25)11-28-18-8-6-14(10-15(18)21)29(26,27)24-13-3-1-2-4-13/h5-10,13,24H,1-4,11H2,(H,23,25). The van der Waals surface area contributed by atoms with Crippen LogP contribution in [0.1, 0.15) is 25.7 Å². The molecule has 1 amide bonds. The Labute approximate surface area is 182 Å². The van der Waals surface area contributed by atoms with Gasteiger partial charge in [-0.1, -0.05) is 40.4 Å². The topological polar surface area (TPSA) is 84.5 Å². The highest BCUT2D eigenvalue weighted by Gasteiger charge is 2.23. The molecule has 0 atom stereocenters. The number of rotatable bonds is 7. The van der Waals surface area contributed by atoms with Gasteiger partial charge in [-0.15, -0.1) is 0 Å². The SMILES string of the molecule is O=C(COc1ccc(S(=O)(=O)NC2CCCC2)cc1Cl)Nc1ccc(Br)cc1F. The fourth-order valence-corrected chi connectivity index (χ4v) is 4.98. The fourth-order valence-electron chi connectivity index (χ4n) is 3.02. The van der Waals surface area contributed by atoms with Crippen LogP contribution in [-0.2, 0) is 14.8 Å². The van der Waals surface area contributed by atoms with E-state index < -0.39 is 28.4 Å². The lowest BCUT2D eigenvalue weighted by atomic mass is 10.3. The van der Waals surface area contributed by atoms with Crippen LogP contribution in [0.15, 0.2) is 45.8 Å². The normalized spacial score (nSPS) is 14.7. The number of carbonyl (C=O) groups is 1. The summed E-state index contributed by atoms with van der Waals surface area (Å²) in [6.45, 7) is -0.415. The number of halogens is 3. The summed E-state index contributed by atoms with van der Waals surface area (Å²) in [5, 5.41) is 2.45. The number of nitrogens with one attached hydrogen (secondary N) is 2. The Morgan fingerprint density at radius 2 is 1.93 bits per heavy atom. The van der Waals surface area contributed by atoms with Crippen LogP contribution in [0.3, 0.4) is 0 Å². The molecule has 2 aromatic carbocycles. The number of sulfonamides is 1. The Balaban J connectivity index is 1.60. The van der Waals surface area contributed by atoms with Crippen molar-refractivity contribution in [1.29, 1.82) is 0 Å². The van der Waals surface area contributed by atoms with Crippen molar-refractivity contribution in [3.63, 3.8) is 0 Å². The van der Waals surface area contributed by atoms with Crippen molar-refractivity contribution in [2.45, 2.75) is 36.6 Å². The summed E-state index contributed by atoms with van der Waals surface area (Å²) in [5.41, 5.74) is 0.0207. The number of ether oxygens (including phenoxy) is 1. The molecule has 0 bridgehead atoms. The molecular formula is C19H19BrClFN2O4S. The summed E-state index contributed by atoms with van der Waals surface area (Å²) in [7, 11) is -3.68. The molecular weight excluding hydrogens is 487 g/mol. The molecule has 1 aliphatic rings. The van der Waals surface area contributed by atoms with E-state index in [4.69, 9.17) is 16.3 Å². The first-order chi connectivity index (χ1) is 13.7. The zero-order valence-electron chi connectivity index (χ0n) is 15.3. The molecule has 6 nitrogen and oxygen atoms in total. The van der Waals surface area contributed by atoms with Gasteiger partial charge in [0.25, 0.3) is 5.91 Å². The quantitative estimate of drug-likeness (QED) is 0.581. The lowest BCUT2D eigenvalue weighted by molar-refractivity contribution is -0.118. The van der Waals surface area contributed by atoms with Crippen LogP contribution in [-0.4, -0.2) is 27.0 Å². The molecule has 0 spiro atoms.